The van der Waals surface area contributed by atoms with E-state index in [1.54, 1.807) is 0 Å². The first-order chi connectivity index (χ1) is 16.0. The minimum atomic E-state index is -0.206. The Kier molecular flexibility index (Phi) is 7.47. The second-order valence-corrected chi connectivity index (χ2v) is 8.79. The van der Waals surface area contributed by atoms with Crippen molar-refractivity contribution >= 4 is 28.4 Å². The average Bonchev–Trinajstić information content (AvgIpc) is 3.46. The van der Waals surface area contributed by atoms with Gasteiger partial charge in [0.15, 0.2) is 5.69 Å². The summed E-state index contributed by atoms with van der Waals surface area (Å²) in [6, 6.07) is 16.3. The zero-order chi connectivity index (χ0) is 23.2. The lowest BCUT2D eigenvalue weighted by atomic mass is 10.1. The molecule has 1 amide bonds. The number of amides is 1. The molecule has 2 N–H and O–H groups in total. The van der Waals surface area contributed by atoms with Gasteiger partial charge in [0, 0.05) is 41.3 Å². The normalized spacial score (nSPS) is 12.4. The number of rotatable bonds is 10. The van der Waals surface area contributed by atoms with Crippen LogP contribution in [0.1, 0.15) is 47.8 Å². The van der Waals surface area contributed by atoms with Crippen molar-refractivity contribution in [2.45, 2.75) is 45.8 Å². The van der Waals surface area contributed by atoms with Crippen LogP contribution in [-0.4, -0.2) is 33.4 Å². The van der Waals surface area contributed by atoms with Crippen molar-refractivity contribution in [2.24, 2.45) is 0 Å². The number of benzene rings is 2. The highest BCUT2D eigenvalue weighted by atomic mass is 35.5. The van der Waals surface area contributed by atoms with E-state index in [9.17, 15) is 4.79 Å². The summed E-state index contributed by atoms with van der Waals surface area (Å²) in [6.45, 7) is 6.03. The molecule has 7 heteroatoms. The van der Waals surface area contributed by atoms with E-state index in [2.05, 4.69) is 44.6 Å². The fourth-order valence-electron chi connectivity index (χ4n) is 3.76. The van der Waals surface area contributed by atoms with Gasteiger partial charge in [0.2, 0.25) is 5.89 Å². The van der Waals surface area contributed by atoms with Crippen LogP contribution in [0.15, 0.2) is 65.4 Å². The third-order valence-corrected chi connectivity index (χ3v) is 6.08. The molecular weight excluding hydrogens is 436 g/mol. The number of aromatic amines is 1. The largest absolute Gasteiger partial charge is 0.447 e. The van der Waals surface area contributed by atoms with Crippen molar-refractivity contribution in [2.75, 3.05) is 6.54 Å². The van der Waals surface area contributed by atoms with E-state index in [1.165, 1.54) is 17.2 Å². The number of hydrogen-bond donors (Lipinski definition) is 2. The summed E-state index contributed by atoms with van der Waals surface area (Å²) >= 11 is 6.06. The minimum absolute atomic E-state index is 0.0928. The third kappa shape index (κ3) is 6.03. The van der Waals surface area contributed by atoms with Gasteiger partial charge in [-0.15, -0.1) is 0 Å². The fourth-order valence-corrected chi connectivity index (χ4v) is 3.88. The van der Waals surface area contributed by atoms with Gasteiger partial charge in [-0.3, -0.25) is 9.69 Å². The quantitative estimate of drug-likeness (QED) is 0.321. The Hall–Kier alpha value is -3.09. The van der Waals surface area contributed by atoms with Gasteiger partial charge in [0.05, 0.1) is 6.54 Å². The molecule has 33 heavy (non-hydrogen) atoms. The molecule has 4 aromatic rings. The monoisotopic (exact) mass is 464 g/mol. The number of halogens is 1. The van der Waals surface area contributed by atoms with Crippen LogP contribution in [0, 0.1) is 0 Å². The Morgan fingerprint density at radius 1 is 1.18 bits per heavy atom. The molecule has 0 aliphatic heterocycles. The van der Waals surface area contributed by atoms with E-state index in [0.717, 1.165) is 37.0 Å². The average molecular weight is 465 g/mol. The summed E-state index contributed by atoms with van der Waals surface area (Å²) in [5, 5.41) is 4.88. The number of carbonyl (C=O) groups is 1. The Balaban J connectivity index is 1.48. The summed E-state index contributed by atoms with van der Waals surface area (Å²) in [5.74, 6) is 0.319. The first-order valence-electron chi connectivity index (χ1n) is 11.3. The smallest absolute Gasteiger partial charge is 0.273 e. The fraction of sp³-hybridized carbons (Fsp3) is 0.308. The van der Waals surface area contributed by atoms with Gasteiger partial charge in [-0.05, 0) is 49.1 Å². The molecule has 0 saturated carbocycles. The molecule has 2 aromatic heterocycles. The number of carbonyl (C=O) groups excluding carboxylic acids is 1. The van der Waals surface area contributed by atoms with E-state index in [1.807, 2.05) is 44.2 Å². The lowest BCUT2D eigenvalue weighted by Gasteiger charge is -2.21. The van der Waals surface area contributed by atoms with Gasteiger partial charge < -0.3 is 14.7 Å². The molecular formula is C26H29ClN4O2. The van der Waals surface area contributed by atoms with Gasteiger partial charge in [-0.2, -0.15) is 0 Å². The van der Waals surface area contributed by atoms with Gasteiger partial charge in [-0.25, -0.2) is 4.98 Å². The van der Waals surface area contributed by atoms with Crippen LogP contribution >= 0.6 is 11.6 Å². The van der Waals surface area contributed by atoms with E-state index in [0.29, 0.717) is 23.2 Å². The Morgan fingerprint density at radius 3 is 2.76 bits per heavy atom. The van der Waals surface area contributed by atoms with Gasteiger partial charge in [0.1, 0.15) is 6.26 Å². The first kappa shape index (κ1) is 23.1. The zero-order valence-corrected chi connectivity index (χ0v) is 19.7. The van der Waals surface area contributed by atoms with Crippen LogP contribution in [0.3, 0.4) is 0 Å². The maximum atomic E-state index is 12.4. The highest BCUT2D eigenvalue weighted by Gasteiger charge is 2.17. The van der Waals surface area contributed by atoms with E-state index in [-0.39, 0.29) is 11.9 Å². The van der Waals surface area contributed by atoms with E-state index < -0.39 is 0 Å². The molecule has 172 valence electrons. The summed E-state index contributed by atoms with van der Waals surface area (Å²) in [4.78, 5) is 22.4. The molecule has 0 fully saturated rings. The van der Waals surface area contributed by atoms with Crippen molar-refractivity contribution in [3.63, 3.8) is 0 Å². The molecule has 2 heterocycles. The Bertz CT molecular complexity index is 1200. The molecule has 1 atom stereocenters. The van der Waals surface area contributed by atoms with Crippen molar-refractivity contribution in [1.29, 1.82) is 0 Å². The highest BCUT2D eigenvalue weighted by molar-refractivity contribution is 6.30. The number of oxazole rings is 1. The summed E-state index contributed by atoms with van der Waals surface area (Å²) in [6.07, 6.45) is 5.25. The van der Waals surface area contributed by atoms with Gasteiger partial charge >= 0.3 is 0 Å². The minimum Gasteiger partial charge on any atom is -0.447 e. The summed E-state index contributed by atoms with van der Waals surface area (Å²) in [7, 11) is 0. The summed E-state index contributed by atoms with van der Waals surface area (Å²) < 4.78 is 5.65. The van der Waals surface area contributed by atoms with E-state index in [4.69, 9.17) is 16.0 Å². The van der Waals surface area contributed by atoms with Crippen LogP contribution in [0.2, 0.25) is 5.02 Å². The SMILES string of the molecule is CC[C@H](C)NC(=O)c1coc(CN(CCc2c[nH]c3ccccc23)Cc2ccc(Cl)cc2)n1. The molecule has 0 unspecified atom stereocenters. The second-order valence-electron chi connectivity index (χ2n) is 8.36. The maximum absolute atomic E-state index is 12.4. The van der Waals surface area contributed by atoms with Crippen molar-refractivity contribution in [1.82, 2.24) is 20.2 Å². The maximum Gasteiger partial charge on any atom is 0.273 e. The van der Waals surface area contributed by atoms with Crippen LogP contribution < -0.4 is 5.32 Å². The predicted molar refractivity (Wildman–Crippen MR) is 131 cm³/mol. The third-order valence-electron chi connectivity index (χ3n) is 5.82. The molecule has 2 aromatic carbocycles. The van der Waals surface area contributed by atoms with Crippen LogP contribution in [0.5, 0.6) is 0 Å². The standard InChI is InChI=1S/C26H29ClN4O2/c1-3-18(2)29-26(32)24-17-33-25(30-24)16-31(15-19-8-10-21(27)11-9-19)13-12-20-14-28-23-7-5-4-6-22(20)23/h4-11,14,17-18,28H,3,12-13,15-16H2,1-2H3,(H,29,32)/t18-/m0/s1. The number of nitrogens with one attached hydrogen (secondary N) is 2. The lowest BCUT2D eigenvalue weighted by molar-refractivity contribution is 0.0934. The number of nitrogens with zero attached hydrogens (tertiary/aromatic N) is 2. The Labute approximate surface area is 199 Å². The Morgan fingerprint density at radius 2 is 1.97 bits per heavy atom. The van der Waals surface area contributed by atoms with Crippen LogP contribution in [-0.2, 0) is 19.5 Å². The van der Waals surface area contributed by atoms with E-state index >= 15 is 0 Å². The second kappa shape index (κ2) is 10.7. The molecule has 6 nitrogen and oxygen atoms in total. The number of H-pyrrole nitrogens is 1. The molecule has 4 rings (SSSR count). The molecule has 0 radical (unpaired) electrons. The first-order valence-corrected chi connectivity index (χ1v) is 11.7. The van der Waals surface area contributed by atoms with Crippen LogP contribution in [0.25, 0.3) is 10.9 Å². The summed E-state index contributed by atoms with van der Waals surface area (Å²) in [5.41, 5.74) is 3.88. The van der Waals surface area contributed by atoms with Gasteiger partial charge in [0.25, 0.3) is 5.91 Å². The topological polar surface area (TPSA) is 74.2 Å². The number of hydrogen-bond acceptors (Lipinski definition) is 4. The van der Waals surface area contributed by atoms with Crippen molar-refractivity contribution < 1.29 is 9.21 Å². The number of fused-ring (bicyclic) bond motifs is 1. The number of aromatic nitrogens is 2. The van der Waals surface area contributed by atoms with Gasteiger partial charge in [-0.1, -0.05) is 48.9 Å². The molecule has 0 saturated heterocycles. The molecule has 0 aliphatic carbocycles. The predicted octanol–water partition coefficient (Wildman–Crippen LogP) is 5.58. The number of para-hydroxylation sites is 1. The lowest BCUT2D eigenvalue weighted by Crippen LogP contribution is -2.32. The molecule has 0 bridgehead atoms. The van der Waals surface area contributed by atoms with Crippen LogP contribution in [0.4, 0.5) is 0 Å². The zero-order valence-electron chi connectivity index (χ0n) is 19.0. The molecule has 0 aliphatic rings. The molecule has 0 spiro atoms. The highest BCUT2D eigenvalue weighted by Crippen LogP contribution is 2.20. The van der Waals surface area contributed by atoms with Crippen molar-refractivity contribution in [3.8, 4) is 0 Å². The van der Waals surface area contributed by atoms with Crippen molar-refractivity contribution in [3.05, 3.63) is 88.7 Å².